The predicted octanol–water partition coefficient (Wildman–Crippen LogP) is 4.46. The van der Waals surface area contributed by atoms with Gasteiger partial charge in [-0.1, -0.05) is 56.3 Å². The van der Waals surface area contributed by atoms with Crippen molar-refractivity contribution in [2.75, 3.05) is 25.5 Å². The summed E-state index contributed by atoms with van der Waals surface area (Å²) in [7, 11) is 1.84. The minimum atomic E-state index is -0.0233. The minimum absolute atomic E-state index is 0. The molecule has 1 unspecified atom stereocenters. The zero-order valence-electron chi connectivity index (χ0n) is 17.4. The van der Waals surface area contributed by atoms with Crippen LogP contribution in [0.25, 0.3) is 0 Å². The minimum Gasteiger partial charge on any atom is -0.352 e. The number of amides is 1. The van der Waals surface area contributed by atoms with Crippen molar-refractivity contribution in [1.29, 1.82) is 0 Å². The lowest BCUT2D eigenvalue weighted by atomic mass is 9.99. The van der Waals surface area contributed by atoms with Gasteiger partial charge in [0, 0.05) is 44.2 Å². The van der Waals surface area contributed by atoms with Crippen molar-refractivity contribution in [3.63, 3.8) is 0 Å². The highest BCUT2D eigenvalue weighted by molar-refractivity contribution is 14.0. The SMILES string of the molecule is CN=C(NCc1ccc(NC(=O)C(C)C)cc1)N1CCC(c2ccccc2)C1.I. The summed E-state index contributed by atoms with van der Waals surface area (Å²) >= 11 is 0. The van der Waals surface area contributed by atoms with Crippen LogP contribution in [-0.2, 0) is 11.3 Å². The van der Waals surface area contributed by atoms with Crippen LogP contribution in [0.4, 0.5) is 5.69 Å². The molecule has 1 heterocycles. The van der Waals surface area contributed by atoms with Crippen molar-refractivity contribution in [2.45, 2.75) is 32.7 Å². The molecule has 1 saturated heterocycles. The number of anilines is 1. The van der Waals surface area contributed by atoms with E-state index < -0.39 is 0 Å². The van der Waals surface area contributed by atoms with Gasteiger partial charge in [-0.15, -0.1) is 24.0 Å². The lowest BCUT2D eigenvalue weighted by Gasteiger charge is -2.22. The van der Waals surface area contributed by atoms with E-state index in [1.807, 2.05) is 45.2 Å². The lowest BCUT2D eigenvalue weighted by molar-refractivity contribution is -0.118. The third-order valence-electron chi connectivity index (χ3n) is 5.17. The van der Waals surface area contributed by atoms with E-state index in [2.05, 4.69) is 50.9 Å². The number of nitrogens with one attached hydrogen (secondary N) is 2. The van der Waals surface area contributed by atoms with Crippen LogP contribution in [0.5, 0.6) is 0 Å². The van der Waals surface area contributed by atoms with Gasteiger partial charge in [0.15, 0.2) is 5.96 Å². The molecule has 0 spiro atoms. The zero-order valence-corrected chi connectivity index (χ0v) is 19.7. The molecule has 2 N–H and O–H groups in total. The molecule has 0 aliphatic carbocycles. The second kappa shape index (κ2) is 11.2. The van der Waals surface area contributed by atoms with E-state index in [1.165, 1.54) is 5.56 Å². The lowest BCUT2D eigenvalue weighted by Crippen LogP contribution is -2.39. The summed E-state index contributed by atoms with van der Waals surface area (Å²) in [6.45, 7) is 6.49. The molecule has 0 aromatic heterocycles. The molecule has 1 amide bonds. The van der Waals surface area contributed by atoms with E-state index >= 15 is 0 Å². The first kappa shape index (κ1) is 23.2. The Labute approximate surface area is 191 Å². The Kier molecular flexibility index (Phi) is 8.95. The second-order valence-electron chi connectivity index (χ2n) is 7.58. The monoisotopic (exact) mass is 506 g/mol. The predicted molar refractivity (Wildman–Crippen MR) is 131 cm³/mol. The van der Waals surface area contributed by atoms with Crippen LogP contribution in [0.1, 0.15) is 37.3 Å². The van der Waals surface area contributed by atoms with Crippen molar-refractivity contribution in [2.24, 2.45) is 10.9 Å². The summed E-state index contributed by atoms with van der Waals surface area (Å²) < 4.78 is 0. The van der Waals surface area contributed by atoms with Crippen LogP contribution in [0, 0.1) is 5.92 Å². The molecule has 156 valence electrons. The molecule has 2 aromatic rings. The summed E-state index contributed by atoms with van der Waals surface area (Å²) in [5, 5.41) is 6.39. The highest BCUT2D eigenvalue weighted by Gasteiger charge is 2.25. The van der Waals surface area contributed by atoms with Gasteiger partial charge >= 0.3 is 0 Å². The average molecular weight is 506 g/mol. The number of carbonyl (C=O) groups excluding carboxylic acids is 1. The molecular formula is C23H31IN4O. The van der Waals surface area contributed by atoms with Crippen molar-refractivity contribution < 1.29 is 4.79 Å². The Bertz CT molecular complexity index is 805. The highest BCUT2D eigenvalue weighted by Crippen LogP contribution is 2.26. The Morgan fingerprint density at radius 1 is 1.14 bits per heavy atom. The smallest absolute Gasteiger partial charge is 0.226 e. The third kappa shape index (κ3) is 6.45. The van der Waals surface area contributed by atoms with E-state index in [1.54, 1.807) is 0 Å². The Morgan fingerprint density at radius 2 is 1.83 bits per heavy atom. The van der Waals surface area contributed by atoms with Gasteiger partial charge in [0.25, 0.3) is 0 Å². The van der Waals surface area contributed by atoms with E-state index in [4.69, 9.17) is 0 Å². The third-order valence-corrected chi connectivity index (χ3v) is 5.17. The first-order chi connectivity index (χ1) is 13.6. The molecule has 2 aromatic carbocycles. The van der Waals surface area contributed by atoms with Crippen molar-refractivity contribution in [3.8, 4) is 0 Å². The van der Waals surface area contributed by atoms with Crippen LogP contribution in [-0.4, -0.2) is 36.9 Å². The van der Waals surface area contributed by atoms with Crippen LogP contribution in [0.2, 0.25) is 0 Å². The van der Waals surface area contributed by atoms with Gasteiger partial charge in [-0.05, 0) is 29.7 Å². The molecule has 1 fully saturated rings. The van der Waals surface area contributed by atoms with Crippen molar-refractivity contribution >= 4 is 41.5 Å². The molecule has 5 nitrogen and oxygen atoms in total. The molecule has 3 rings (SSSR count). The number of hydrogen-bond donors (Lipinski definition) is 2. The summed E-state index contributed by atoms with van der Waals surface area (Å²) in [6.07, 6.45) is 1.15. The second-order valence-corrected chi connectivity index (χ2v) is 7.58. The standard InChI is InChI=1S/C23H30N4O.HI/c1-17(2)22(28)26-21-11-9-18(10-12-21)15-25-23(24-3)27-14-13-20(16-27)19-7-5-4-6-8-19;/h4-12,17,20H,13-16H2,1-3H3,(H,24,25)(H,26,28);1H. The summed E-state index contributed by atoms with van der Waals surface area (Å²) in [5.41, 5.74) is 3.39. The molecular weight excluding hydrogens is 475 g/mol. The van der Waals surface area contributed by atoms with Gasteiger partial charge in [-0.2, -0.15) is 0 Å². The van der Waals surface area contributed by atoms with E-state index in [0.29, 0.717) is 12.5 Å². The van der Waals surface area contributed by atoms with Gasteiger partial charge in [-0.3, -0.25) is 9.79 Å². The molecule has 0 bridgehead atoms. The number of rotatable bonds is 5. The number of hydrogen-bond acceptors (Lipinski definition) is 2. The van der Waals surface area contributed by atoms with Gasteiger partial charge in [0.2, 0.25) is 5.91 Å². The van der Waals surface area contributed by atoms with E-state index in [-0.39, 0.29) is 35.8 Å². The largest absolute Gasteiger partial charge is 0.352 e. The average Bonchev–Trinajstić information content (AvgIpc) is 3.20. The van der Waals surface area contributed by atoms with Gasteiger partial charge in [0.1, 0.15) is 0 Å². The fourth-order valence-corrected chi connectivity index (χ4v) is 3.46. The fourth-order valence-electron chi connectivity index (χ4n) is 3.46. The maximum Gasteiger partial charge on any atom is 0.226 e. The highest BCUT2D eigenvalue weighted by atomic mass is 127. The first-order valence-corrected chi connectivity index (χ1v) is 9.97. The van der Waals surface area contributed by atoms with E-state index in [0.717, 1.165) is 36.7 Å². The number of guanidine groups is 1. The molecule has 29 heavy (non-hydrogen) atoms. The first-order valence-electron chi connectivity index (χ1n) is 9.97. The summed E-state index contributed by atoms with van der Waals surface area (Å²) in [5.74, 6) is 1.51. The van der Waals surface area contributed by atoms with Crippen LogP contribution >= 0.6 is 24.0 Å². The number of likely N-dealkylation sites (tertiary alicyclic amines) is 1. The summed E-state index contributed by atoms with van der Waals surface area (Å²) in [6, 6.07) is 18.7. The fraction of sp³-hybridized carbons (Fsp3) is 0.391. The van der Waals surface area contributed by atoms with Gasteiger partial charge in [-0.25, -0.2) is 0 Å². The molecule has 0 saturated carbocycles. The Balaban J connectivity index is 0.00000300. The number of nitrogens with zero attached hydrogens (tertiary/aromatic N) is 2. The normalized spacial score (nSPS) is 16.5. The summed E-state index contributed by atoms with van der Waals surface area (Å²) in [4.78, 5) is 18.6. The molecule has 1 atom stereocenters. The van der Waals surface area contributed by atoms with Crippen molar-refractivity contribution in [1.82, 2.24) is 10.2 Å². The molecule has 6 heteroatoms. The van der Waals surface area contributed by atoms with Gasteiger partial charge < -0.3 is 15.5 Å². The quantitative estimate of drug-likeness (QED) is 0.358. The van der Waals surface area contributed by atoms with E-state index in [9.17, 15) is 4.79 Å². The number of carbonyl (C=O) groups is 1. The molecule has 1 aliphatic rings. The van der Waals surface area contributed by atoms with Crippen LogP contribution in [0.3, 0.4) is 0 Å². The maximum atomic E-state index is 11.8. The number of halogens is 1. The van der Waals surface area contributed by atoms with Crippen molar-refractivity contribution in [3.05, 3.63) is 65.7 Å². The van der Waals surface area contributed by atoms with Crippen LogP contribution < -0.4 is 10.6 Å². The topological polar surface area (TPSA) is 56.7 Å². The Morgan fingerprint density at radius 3 is 2.45 bits per heavy atom. The Hall–Kier alpha value is -2.09. The maximum absolute atomic E-state index is 11.8. The zero-order chi connectivity index (χ0) is 19.9. The van der Waals surface area contributed by atoms with Crippen LogP contribution in [0.15, 0.2) is 59.6 Å². The number of benzene rings is 2. The molecule has 1 aliphatic heterocycles. The van der Waals surface area contributed by atoms with Gasteiger partial charge in [0.05, 0.1) is 0 Å². The number of aliphatic imine (C=N–C) groups is 1. The molecule has 0 radical (unpaired) electrons.